The lowest BCUT2D eigenvalue weighted by Gasteiger charge is -2.04. The third kappa shape index (κ3) is 1.79. The van der Waals surface area contributed by atoms with Crippen LogP contribution in [0, 0.1) is 13.8 Å². The predicted octanol–water partition coefficient (Wildman–Crippen LogP) is 1.92. The van der Waals surface area contributed by atoms with E-state index >= 15 is 0 Å². The summed E-state index contributed by atoms with van der Waals surface area (Å²) in [6.07, 6.45) is 0. The van der Waals surface area contributed by atoms with Crippen LogP contribution < -0.4 is 5.73 Å². The minimum absolute atomic E-state index is 0.536. The van der Waals surface area contributed by atoms with E-state index in [4.69, 9.17) is 5.73 Å². The summed E-state index contributed by atoms with van der Waals surface area (Å²) in [6, 6.07) is 2.06. The molecular formula is C8H11BrN2. The van der Waals surface area contributed by atoms with E-state index in [1.807, 2.05) is 13.8 Å². The third-order valence-electron chi connectivity index (χ3n) is 1.71. The molecule has 11 heavy (non-hydrogen) atoms. The molecule has 1 aromatic rings. The fourth-order valence-corrected chi connectivity index (χ4v) is 1.42. The zero-order valence-electron chi connectivity index (χ0n) is 6.69. The van der Waals surface area contributed by atoms with E-state index in [-0.39, 0.29) is 0 Å². The average molecular weight is 215 g/mol. The predicted molar refractivity (Wildman–Crippen MR) is 49.3 cm³/mol. The van der Waals surface area contributed by atoms with Crippen molar-refractivity contribution in [3.05, 3.63) is 27.5 Å². The summed E-state index contributed by atoms with van der Waals surface area (Å²) in [5, 5.41) is 0. The van der Waals surface area contributed by atoms with Gasteiger partial charge in [0.25, 0.3) is 0 Å². The number of hydrogen-bond acceptors (Lipinski definition) is 2. The molecule has 1 heterocycles. The van der Waals surface area contributed by atoms with Crippen LogP contribution >= 0.6 is 15.9 Å². The number of aryl methyl sites for hydroxylation is 2. The highest BCUT2D eigenvalue weighted by atomic mass is 79.9. The summed E-state index contributed by atoms with van der Waals surface area (Å²) in [4.78, 5) is 4.28. The lowest BCUT2D eigenvalue weighted by Crippen LogP contribution is -2.01. The summed E-state index contributed by atoms with van der Waals surface area (Å²) >= 11 is 3.35. The molecule has 0 aliphatic heterocycles. The van der Waals surface area contributed by atoms with E-state index in [0.29, 0.717) is 6.54 Å². The summed E-state index contributed by atoms with van der Waals surface area (Å²) in [5.41, 5.74) is 8.80. The first-order chi connectivity index (χ1) is 5.15. The Morgan fingerprint density at radius 3 is 2.73 bits per heavy atom. The highest BCUT2D eigenvalue weighted by Gasteiger charge is 2.01. The molecule has 60 valence electrons. The van der Waals surface area contributed by atoms with Crippen molar-refractivity contribution in [2.24, 2.45) is 5.73 Å². The Morgan fingerprint density at radius 2 is 2.18 bits per heavy atom. The maximum absolute atomic E-state index is 5.50. The van der Waals surface area contributed by atoms with Gasteiger partial charge in [0.2, 0.25) is 0 Å². The number of nitrogens with zero attached hydrogens (tertiary/aromatic N) is 1. The number of nitrogens with two attached hydrogens (primary N) is 1. The smallest absolute Gasteiger partial charge is 0.110 e. The van der Waals surface area contributed by atoms with E-state index in [2.05, 4.69) is 27.0 Å². The van der Waals surface area contributed by atoms with Gasteiger partial charge >= 0.3 is 0 Å². The van der Waals surface area contributed by atoms with Gasteiger partial charge in [-0.05, 0) is 40.9 Å². The lowest BCUT2D eigenvalue weighted by molar-refractivity contribution is 0.997. The maximum Gasteiger partial charge on any atom is 0.110 e. The average Bonchev–Trinajstić information content (AvgIpc) is 1.97. The molecule has 0 aliphatic rings. The fourth-order valence-electron chi connectivity index (χ4n) is 0.876. The SMILES string of the molecule is Cc1cc(CN)c(Br)nc1C. The van der Waals surface area contributed by atoms with Gasteiger partial charge in [-0.3, -0.25) is 0 Å². The Labute approximate surface area is 75.0 Å². The van der Waals surface area contributed by atoms with Crippen LogP contribution in [0.15, 0.2) is 10.7 Å². The van der Waals surface area contributed by atoms with Crippen molar-refractivity contribution in [3.63, 3.8) is 0 Å². The van der Waals surface area contributed by atoms with E-state index in [9.17, 15) is 0 Å². The Morgan fingerprint density at radius 1 is 1.55 bits per heavy atom. The van der Waals surface area contributed by atoms with Crippen molar-refractivity contribution in [2.45, 2.75) is 20.4 Å². The zero-order valence-corrected chi connectivity index (χ0v) is 8.27. The first-order valence-electron chi connectivity index (χ1n) is 3.48. The van der Waals surface area contributed by atoms with Gasteiger partial charge in [0.05, 0.1) is 0 Å². The number of rotatable bonds is 1. The van der Waals surface area contributed by atoms with Crippen LogP contribution in [0.5, 0.6) is 0 Å². The lowest BCUT2D eigenvalue weighted by atomic mass is 10.2. The number of pyridine rings is 1. The molecule has 0 amide bonds. The van der Waals surface area contributed by atoms with E-state index < -0.39 is 0 Å². The van der Waals surface area contributed by atoms with Crippen LogP contribution in [0.25, 0.3) is 0 Å². The summed E-state index contributed by atoms with van der Waals surface area (Å²) in [5.74, 6) is 0. The van der Waals surface area contributed by atoms with Crippen LogP contribution in [0.2, 0.25) is 0 Å². The first-order valence-corrected chi connectivity index (χ1v) is 4.27. The van der Waals surface area contributed by atoms with Gasteiger partial charge in [-0.15, -0.1) is 0 Å². The van der Waals surface area contributed by atoms with Crippen molar-refractivity contribution in [1.29, 1.82) is 0 Å². The van der Waals surface area contributed by atoms with Gasteiger partial charge in [0.15, 0.2) is 0 Å². The quantitative estimate of drug-likeness (QED) is 0.727. The Balaban J connectivity index is 3.21. The fraction of sp³-hybridized carbons (Fsp3) is 0.375. The molecule has 0 saturated heterocycles. The minimum atomic E-state index is 0.536. The van der Waals surface area contributed by atoms with Gasteiger partial charge in [-0.2, -0.15) is 0 Å². The minimum Gasteiger partial charge on any atom is -0.326 e. The molecule has 0 saturated carbocycles. The van der Waals surface area contributed by atoms with Crippen LogP contribution in [-0.2, 0) is 6.54 Å². The van der Waals surface area contributed by atoms with Crippen molar-refractivity contribution in [2.75, 3.05) is 0 Å². The van der Waals surface area contributed by atoms with Crippen LogP contribution in [0.3, 0.4) is 0 Å². The zero-order chi connectivity index (χ0) is 8.43. The largest absolute Gasteiger partial charge is 0.326 e. The van der Waals surface area contributed by atoms with E-state index in [1.54, 1.807) is 0 Å². The van der Waals surface area contributed by atoms with Gasteiger partial charge in [-0.1, -0.05) is 6.07 Å². The molecule has 0 aromatic carbocycles. The second-order valence-corrected chi connectivity index (χ2v) is 3.30. The molecule has 2 N–H and O–H groups in total. The Kier molecular flexibility index (Phi) is 2.62. The maximum atomic E-state index is 5.50. The van der Waals surface area contributed by atoms with Crippen molar-refractivity contribution < 1.29 is 0 Å². The molecule has 0 radical (unpaired) electrons. The molecule has 0 fully saturated rings. The molecule has 2 nitrogen and oxygen atoms in total. The highest BCUT2D eigenvalue weighted by Crippen LogP contribution is 2.16. The van der Waals surface area contributed by atoms with Crippen LogP contribution in [0.4, 0.5) is 0 Å². The number of halogens is 1. The van der Waals surface area contributed by atoms with E-state index in [1.165, 1.54) is 5.56 Å². The Hall–Kier alpha value is -0.410. The third-order valence-corrected chi connectivity index (χ3v) is 2.40. The number of hydrogen-bond donors (Lipinski definition) is 1. The standard InChI is InChI=1S/C8H11BrN2/c1-5-3-7(4-10)8(9)11-6(5)2/h3H,4,10H2,1-2H3. The molecule has 3 heteroatoms. The van der Waals surface area contributed by atoms with Crippen LogP contribution in [0.1, 0.15) is 16.8 Å². The van der Waals surface area contributed by atoms with Gasteiger partial charge in [0.1, 0.15) is 4.60 Å². The molecule has 0 aliphatic carbocycles. The molecular weight excluding hydrogens is 204 g/mol. The topological polar surface area (TPSA) is 38.9 Å². The second kappa shape index (κ2) is 3.32. The van der Waals surface area contributed by atoms with Gasteiger partial charge in [-0.25, -0.2) is 4.98 Å². The monoisotopic (exact) mass is 214 g/mol. The van der Waals surface area contributed by atoms with Crippen molar-refractivity contribution >= 4 is 15.9 Å². The molecule has 1 aromatic heterocycles. The highest BCUT2D eigenvalue weighted by molar-refractivity contribution is 9.10. The van der Waals surface area contributed by atoms with Crippen molar-refractivity contribution in [1.82, 2.24) is 4.98 Å². The molecule has 1 rings (SSSR count). The van der Waals surface area contributed by atoms with E-state index in [0.717, 1.165) is 15.9 Å². The summed E-state index contributed by atoms with van der Waals surface area (Å²) in [7, 11) is 0. The molecule has 0 bridgehead atoms. The Bertz CT molecular complexity index is 271. The molecule has 0 atom stereocenters. The summed E-state index contributed by atoms with van der Waals surface area (Å²) < 4.78 is 0.864. The summed E-state index contributed by atoms with van der Waals surface area (Å²) in [6.45, 7) is 4.56. The first kappa shape index (κ1) is 8.68. The molecule has 0 unspecified atom stereocenters. The normalized spacial score (nSPS) is 10.2. The van der Waals surface area contributed by atoms with Gasteiger partial charge in [0, 0.05) is 12.2 Å². The van der Waals surface area contributed by atoms with Crippen molar-refractivity contribution in [3.8, 4) is 0 Å². The second-order valence-electron chi connectivity index (χ2n) is 2.54. The molecule has 0 spiro atoms. The van der Waals surface area contributed by atoms with Gasteiger partial charge < -0.3 is 5.73 Å². The van der Waals surface area contributed by atoms with Crippen LogP contribution in [-0.4, -0.2) is 4.98 Å². The number of aromatic nitrogens is 1.